The lowest BCUT2D eigenvalue weighted by Crippen LogP contribution is -2.32. The van der Waals surface area contributed by atoms with Crippen molar-refractivity contribution >= 4 is 11.0 Å². The lowest BCUT2D eigenvalue weighted by molar-refractivity contribution is 0.334. The summed E-state index contributed by atoms with van der Waals surface area (Å²) >= 11 is 0. The number of nitrogens with zero attached hydrogens (tertiary/aromatic N) is 2. The number of hydrogen-bond donors (Lipinski definition) is 1. The molecule has 0 spiro atoms. The van der Waals surface area contributed by atoms with Crippen molar-refractivity contribution in [2.45, 2.75) is 51.0 Å². The molecule has 21 heavy (non-hydrogen) atoms. The molecule has 2 fully saturated rings. The van der Waals surface area contributed by atoms with Crippen molar-refractivity contribution in [2.75, 3.05) is 13.1 Å². The van der Waals surface area contributed by atoms with Crippen LogP contribution in [-0.4, -0.2) is 22.6 Å². The van der Waals surface area contributed by atoms with Gasteiger partial charge < -0.3 is 9.88 Å². The lowest BCUT2D eigenvalue weighted by atomic mass is 9.99. The Morgan fingerprint density at radius 3 is 2.76 bits per heavy atom. The van der Waals surface area contributed by atoms with Gasteiger partial charge in [-0.15, -0.1) is 0 Å². The number of aromatic nitrogens is 2. The van der Waals surface area contributed by atoms with Gasteiger partial charge in [-0.25, -0.2) is 4.98 Å². The van der Waals surface area contributed by atoms with Gasteiger partial charge in [0.15, 0.2) is 0 Å². The maximum absolute atomic E-state index is 5.00. The van der Waals surface area contributed by atoms with E-state index < -0.39 is 0 Å². The van der Waals surface area contributed by atoms with E-state index in [1.807, 2.05) is 0 Å². The first kappa shape index (κ1) is 13.3. The third kappa shape index (κ3) is 2.59. The van der Waals surface area contributed by atoms with Crippen LogP contribution in [0.5, 0.6) is 0 Å². The fourth-order valence-electron chi connectivity index (χ4n) is 4.12. The number of piperidine rings is 1. The molecule has 3 heteroatoms. The summed E-state index contributed by atoms with van der Waals surface area (Å²) in [6, 6.07) is 8.68. The number of fused-ring (bicyclic) bond motifs is 1. The second kappa shape index (κ2) is 5.80. The van der Waals surface area contributed by atoms with Crippen LogP contribution < -0.4 is 5.32 Å². The van der Waals surface area contributed by atoms with E-state index in [-0.39, 0.29) is 0 Å². The molecule has 112 valence electrons. The molecule has 1 saturated carbocycles. The minimum Gasteiger partial charge on any atom is -0.327 e. The summed E-state index contributed by atoms with van der Waals surface area (Å²) in [4.78, 5) is 5.00. The zero-order valence-corrected chi connectivity index (χ0v) is 12.7. The van der Waals surface area contributed by atoms with Crippen molar-refractivity contribution in [1.82, 2.24) is 14.9 Å². The molecule has 1 N–H and O–H groups in total. The van der Waals surface area contributed by atoms with Gasteiger partial charge in [-0.3, -0.25) is 0 Å². The van der Waals surface area contributed by atoms with E-state index in [0.717, 1.165) is 19.0 Å². The van der Waals surface area contributed by atoms with Crippen molar-refractivity contribution in [2.24, 2.45) is 5.92 Å². The van der Waals surface area contributed by atoms with Crippen LogP contribution >= 0.6 is 0 Å². The van der Waals surface area contributed by atoms with Gasteiger partial charge in [0.2, 0.25) is 0 Å². The van der Waals surface area contributed by atoms with Crippen LogP contribution in [0.2, 0.25) is 0 Å². The van der Waals surface area contributed by atoms with Crippen molar-refractivity contribution in [3.8, 4) is 0 Å². The average molecular weight is 283 g/mol. The maximum atomic E-state index is 5.00. The van der Waals surface area contributed by atoms with Crippen molar-refractivity contribution in [3.05, 3.63) is 30.1 Å². The van der Waals surface area contributed by atoms with Crippen molar-refractivity contribution in [3.63, 3.8) is 0 Å². The first-order valence-corrected chi connectivity index (χ1v) is 8.58. The summed E-state index contributed by atoms with van der Waals surface area (Å²) in [5.41, 5.74) is 2.52. The molecule has 2 heterocycles. The first-order valence-electron chi connectivity index (χ1n) is 8.58. The highest BCUT2D eigenvalue weighted by Gasteiger charge is 2.25. The van der Waals surface area contributed by atoms with Gasteiger partial charge in [0.05, 0.1) is 11.0 Å². The fraction of sp³-hybridized carbons (Fsp3) is 0.611. The van der Waals surface area contributed by atoms with Crippen LogP contribution in [-0.2, 0) is 6.54 Å². The molecule has 4 rings (SSSR count). The van der Waals surface area contributed by atoms with E-state index in [9.17, 15) is 0 Å². The highest BCUT2D eigenvalue weighted by Crippen LogP contribution is 2.35. The number of rotatable bonds is 3. The Labute approximate surface area is 126 Å². The number of hydrogen-bond acceptors (Lipinski definition) is 2. The molecule has 3 nitrogen and oxygen atoms in total. The molecular formula is C18H25N3. The molecule has 0 radical (unpaired) electrons. The quantitative estimate of drug-likeness (QED) is 0.931. The fourth-order valence-corrected chi connectivity index (χ4v) is 4.12. The van der Waals surface area contributed by atoms with E-state index in [0.29, 0.717) is 5.92 Å². The van der Waals surface area contributed by atoms with Gasteiger partial charge in [-0.2, -0.15) is 0 Å². The Morgan fingerprint density at radius 1 is 1.10 bits per heavy atom. The molecule has 0 unspecified atom stereocenters. The Hall–Kier alpha value is -1.35. The summed E-state index contributed by atoms with van der Waals surface area (Å²) in [5, 5.41) is 3.55. The maximum Gasteiger partial charge on any atom is 0.112 e. The highest BCUT2D eigenvalue weighted by atomic mass is 15.1. The molecule has 1 saturated heterocycles. The minimum atomic E-state index is 0.689. The molecule has 2 aliphatic rings. The number of nitrogens with one attached hydrogen (secondary N) is 1. The van der Waals surface area contributed by atoms with E-state index in [4.69, 9.17) is 4.98 Å². The Kier molecular flexibility index (Phi) is 3.68. The van der Waals surface area contributed by atoms with Gasteiger partial charge in [-0.1, -0.05) is 25.0 Å². The first-order chi connectivity index (χ1) is 10.4. The molecule has 1 aliphatic heterocycles. The summed E-state index contributed by atoms with van der Waals surface area (Å²) in [5.74, 6) is 2.81. The number of benzene rings is 1. The molecule has 1 aromatic carbocycles. The lowest BCUT2D eigenvalue weighted by Gasteiger charge is -2.25. The van der Waals surface area contributed by atoms with Crippen LogP contribution in [0.1, 0.15) is 50.3 Å². The minimum absolute atomic E-state index is 0.689. The summed E-state index contributed by atoms with van der Waals surface area (Å²) in [6.07, 6.45) is 8.07. The van der Waals surface area contributed by atoms with Crippen LogP contribution in [0.25, 0.3) is 11.0 Å². The normalized spacial score (nSPS) is 23.9. The summed E-state index contributed by atoms with van der Waals surface area (Å²) in [6.45, 7) is 3.49. The molecule has 2 aromatic rings. The molecule has 0 amide bonds. The SMILES string of the molecule is c1ccc2c(c1)nc(C1CCCC1)n2C[C@H]1CCCNC1. The Bertz CT molecular complexity index is 604. The number of imidazole rings is 1. The topological polar surface area (TPSA) is 29.9 Å². The van der Waals surface area contributed by atoms with E-state index in [2.05, 4.69) is 34.1 Å². The third-order valence-electron chi connectivity index (χ3n) is 5.24. The summed E-state index contributed by atoms with van der Waals surface area (Å²) < 4.78 is 2.54. The second-order valence-corrected chi connectivity index (χ2v) is 6.76. The smallest absolute Gasteiger partial charge is 0.112 e. The van der Waals surface area contributed by atoms with Gasteiger partial charge in [0, 0.05) is 12.5 Å². The van der Waals surface area contributed by atoms with Crippen LogP contribution in [0.4, 0.5) is 0 Å². The third-order valence-corrected chi connectivity index (χ3v) is 5.24. The zero-order chi connectivity index (χ0) is 14.1. The van der Waals surface area contributed by atoms with Crippen molar-refractivity contribution in [1.29, 1.82) is 0 Å². The van der Waals surface area contributed by atoms with Gasteiger partial charge in [-0.05, 0) is 56.8 Å². The molecule has 1 aliphatic carbocycles. The van der Waals surface area contributed by atoms with Crippen LogP contribution in [0, 0.1) is 5.92 Å². The zero-order valence-electron chi connectivity index (χ0n) is 12.7. The highest BCUT2D eigenvalue weighted by molar-refractivity contribution is 5.76. The molecule has 1 aromatic heterocycles. The van der Waals surface area contributed by atoms with Crippen LogP contribution in [0.3, 0.4) is 0 Å². The Morgan fingerprint density at radius 2 is 1.95 bits per heavy atom. The van der Waals surface area contributed by atoms with Crippen molar-refractivity contribution < 1.29 is 0 Å². The second-order valence-electron chi connectivity index (χ2n) is 6.76. The molecular weight excluding hydrogens is 258 g/mol. The predicted octanol–water partition coefficient (Wildman–Crippen LogP) is 3.69. The Balaban J connectivity index is 1.70. The van der Waals surface area contributed by atoms with E-state index >= 15 is 0 Å². The number of para-hydroxylation sites is 2. The van der Waals surface area contributed by atoms with Crippen LogP contribution in [0.15, 0.2) is 24.3 Å². The van der Waals surface area contributed by atoms with Gasteiger partial charge in [0.1, 0.15) is 5.82 Å². The van der Waals surface area contributed by atoms with Gasteiger partial charge >= 0.3 is 0 Å². The predicted molar refractivity (Wildman–Crippen MR) is 86.5 cm³/mol. The molecule has 1 atom stereocenters. The average Bonchev–Trinajstić information content (AvgIpc) is 3.16. The standard InChI is InChI=1S/C18H25N3/c1-2-8-15(7-1)18-20-16-9-3-4-10-17(16)21(18)13-14-6-5-11-19-12-14/h3-4,9-10,14-15,19H,1-2,5-8,11-13H2/t14-/m0/s1. The van der Waals surface area contributed by atoms with E-state index in [1.54, 1.807) is 0 Å². The van der Waals surface area contributed by atoms with Gasteiger partial charge in [0.25, 0.3) is 0 Å². The molecule has 0 bridgehead atoms. The van der Waals surface area contributed by atoms with E-state index in [1.165, 1.54) is 61.9 Å². The monoisotopic (exact) mass is 283 g/mol. The summed E-state index contributed by atoms with van der Waals surface area (Å²) in [7, 11) is 0. The largest absolute Gasteiger partial charge is 0.327 e.